The molecule has 27 heavy (non-hydrogen) atoms. The highest BCUT2D eigenvalue weighted by Gasteiger charge is 2.36. The standard InChI is InChI=1S/C20H19ClN4OS/c1-11-8-9-22-18(23-11)16(13-6-7-13)25-19(26)17-12(2)24-20(27-17)14-4-3-5-15(21)10-14/h3-5,8-10,13,16H,6-7H2,1-2H3,(H,25,26). The first kappa shape index (κ1) is 18.1. The Morgan fingerprint density at radius 2 is 2.07 bits per heavy atom. The van der Waals surface area contributed by atoms with E-state index >= 15 is 0 Å². The average molecular weight is 399 g/mol. The van der Waals surface area contributed by atoms with Crippen molar-refractivity contribution in [2.45, 2.75) is 32.7 Å². The predicted molar refractivity (Wildman–Crippen MR) is 107 cm³/mol. The minimum Gasteiger partial charge on any atom is -0.341 e. The van der Waals surface area contributed by atoms with Crippen LogP contribution in [0.5, 0.6) is 0 Å². The Balaban J connectivity index is 1.59. The van der Waals surface area contributed by atoms with Crippen molar-refractivity contribution in [1.29, 1.82) is 0 Å². The number of carbonyl (C=O) groups excluding carboxylic acids is 1. The van der Waals surface area contributed by atoms with Gasteiger partial charge in [-0.05, 0) is 50.8 Å². The summed E-state index contributed by atoms with van der Waals surface area (Å²) >= 11 is 7.46. The van der Waals surface area contributed by atoms with Gasteiger partial charge in [0.2, 0.25) is 0 Å². The Morgan fingerprint density at radius 3 is 2.78 bits per heavy atom. The zero-order chi connectivity index (χ0) is 19.0. The van der Waals surface area contributed by atoms with E-state index in [0.717, 1.165) is 29.1 Å². The highest BCUT2D eigenvalue weighted by Crippen LogP contribution is 2.40. The average Bonchev–Trinajstić information content (AvgIpc) is 3.40. The first-order chi connectivity index (χ1) is 13.0. The molecule has 138 valence electrons. The maximum Gasteiger partial charge on any atom is 0.263 e. The molecule has 2 aromatic heterocycles. The van der Waals surface area contributed by atoms with Crippen LogP contribution >= 0.6 is 22.9 Å². The third-order valence-electron chi connectivity index (χ3n) is 4.55. The molecule has 1 aliphatic rings. The molecule has 3 aromatic rings. The third-order valence-corrected chi connectivity index (χ3v) is 5.99. The van der Waals surface area contributed by atoms with Gasteiger partial charge in [-0.1, -0.05) is 23.7 Å². The number of hydrogen-bond acceptors (Lipinski definition) is 5. The van der Waals surface area contributed by atoms with Crippen LogP contribution in [-0.4, -0.2) is 20.9 Å². The van der Waals surface area contributed by atoms with Crippen LogP contribution < -0.4 is 5.32 Å². The lowest BCUT2D eigenvalue weighted by Gasteiger charge is -2.16. The number of thiazole rings is 1. The summed E-state index contributed by atoms with van der Waals surface area (Å²) in [7, 11) is 0. The van der Waals surface area contributed by atoms with Crippen molar-refractivity contribution in [3.63, 3.8) is 0 Å². The van der Waals surface area contributed by atoms with Gasteiger partial charge in [-0.15, -0.1) is 11.3 Å². The van der Waals surface area contributed by atoms with Gasteiger partial charge in [0.15, 0.2) is 5.82 Å². The molecule has 1 aliphatic carbocycles. The van der Waals surface area contributed by atoms with Crippen molar-refractivity contribution in [2.24, 2.45) is 5.92 Å². The van der Waals surface area contributed by atoms with E-state index in [-0.39, 0.29) is 11.9 Å². The number of aromatic nitrogens is 3. The quantitative estimate of drug-likeness (QED) is 0.673. The van der Waals surface area contributed by atoms with Gasteiger partial charge in [-0.25, -0.2) is 15.0 Å². The van der Waals surface area contributed by atoms with Gasteiger partial charge in [0, 0.05) is 22.5 Å². The zero-order valence-corrected chi connectivity index (χ0v) is 16.6. The highest BCUT2D eigenvalue weighted by molar-refractivity contribution is 7.17. The molecule has 1 saturated carbocycles. The maximum absolute atomic E-state index is 13.0. The summed E-state index contributed by atoms with van der Waals surface area (Å²) in [6, 6.07) is 9.20. The number of nitrogens with one attached hydrogen (secondary N) is 1. The largest absolute Gasteiger partial charge is 0.341 e. The summed E-state index contributed by atoms with van der Waals surface area (Å²) in [5.41, 5.74) is 2.53. The van der Waals surface area contributed by atoms with Crippen LogP contribution in [0.3, 0.4) is 0 Å². The molecule has 1 fully saturated rings. The van der Waals surface area contributed by atoms with E-state index in [1.54, 1.807) is 6.20 Å². The molecule has 0 spiro atoms. The van der Waals surface area contributed by atoms with Crippen LogP contribution in [0.4, 0.5) is 0 Å². The second kappa shape index (κ2) is 7.37. The van der Waals surface area contributed by atoms with Gasteiger partial charge in [-0.3, -0.25) is 4.79 Å². The molecule has 2 heterocycles. The summed E-state index contributed by atoms with van der Waals surface area (Å²) in [4.78, 5) is 27.0. The Hall–Kier alpha value is -2.31. The lowest BCUT2D eigenvalue weighted by molar-refractivity contribution is 0.0933. The molecule has 5 nitrogen and oxygen atoms in total. The Morgan fingerprint density at radius 1 is 1.26 bits per heavy atom. The first-order valence-corrected chi connectivity index (χ1v) is 10.0. The number of amides is 1. The topological polar surface area (TPSA) is 67.8 Å². The van der Waals surface area contributed by atoms with Crippen molar-refractivity contribution < 1.29 is 4.79 Å². The molecule has 4 rings (SSSR count). The summed E-state index contributed by atoms with van der Waals surface area (Å²) in [5.74, 6) is 0.958. The van der Waals surface area contributed by atoms with Crippen molar-refractivity contribution in [3.8, 4) is 10.6 Å². The minimum atomic E-state index is -0.159. The fourth-order valence-electron chi connectivity index (χ4n) is 3.00. The van der Waals surface area contributed by atoms with E-state index < -0.39 is 0 Å². The molecule has 7 heteroatoms. The van der Waals surface area contributed by atoms with Gasteiger partial charge < -0.3 is 5.32 Å². The lowest BCUT2D eigenvalue weighted by atomic mass is 10.1. The van der Waals surface area contributed by atoms with Gasteiger partial charge >= 0.3 is 0 Å². The van der Waals surface area contributed by atoms with Crippen LogP contribution in [0.15, 0.2) is 36.5 Å². The monoisotopic (exact) mass is 398 g/mol. The van der Waals surface area contributed by atoms with Crippen LogP contribution in [0, 0.1) is 19.8 Å². The summed E-state index contributed by atoms with van der Waals surface area (Å²) < 4.78 is 0. The van der Waals surface area contributed by atoms with E-state index in [0.29, 0.717) is 27.3 Å². The summed E-state index contributed by atoms with van der Waals surface area (Å²) in [6.45, 7) is 3.79. The molecule has 1 atom stereocenters. The second-order valence-electron chi connectivity index (χ2n) is 6.79. The Kier molecular flexibility index (Phi) is 4.93. The molecule has 1 amide bonds. The number of aryl methyl sites for hydroxylation is 2. The molecular weight excluding hydrogens is 380 g/mol. The fraction of sp³-hybridized carbons (Fsp3) is 0.300. The summed E-state index contributed by atoms with van der Waals surface area (Å²) in [6.07, 6.45) is 3.91. The molecule has 1 N–H and O–H groups in total. The molecule has 0 aliphatic heterocycles. The normalized spacial score (nSPS) is 14.8. The molecule has 1 aromatic carbocycles. The Labute approximate surface area is 166 Å². The van der Waals surface area contributed by atoms with E-state index in [9.17, 15) is 4.79 Å². The van der Waals surface area contributed by atoms with Crippen molar-refractivity contribution >= 4 is 28.8 Å². The molecule has 1 unspecified atom stereocenters. The van der Waals surface area contributed by atoms with Crippen molar-refractivity contribution in [2.75, 3.05) is 0 Å². The van der Waals surface area contributed by atoms with E-state index in [2.05, 4.69) is 20.3 Å². The number of hydrogen-bond donors (Lipinski definition) is 1. The maximum atomic E-state index is 13.0. The lowest BCUT2D eigenvalue weighted by Crippen LogP contribution is -2.31. The van der Waals surface area contributed by atoms with Crippen LogP contribution in [0.25, 0.3) is 10.6 Å². The van der Waals surface area contributed by atoms with E-state index in [4.69, 9.17) is 11.6 Å². The zero-order valence-electron chi connectivity index (χ0n) is 15.1. The van der Waals surface area contributed by atoms with Crippen molar-refractivity contribution in [1.82, 2.24) is 20.3 Å². The molecule has 0 bridgehead atoms. The molecular formula is C20H19ClN4OS. The SMILES string of the molecule is Cc1ccnc(C(NC(=O)c2sc(-c3cccc(Cl)c3)nc2C)C2CC2)n1. The number of rotatable bonds is 5. The first-order valence-electron chi connectivity index (χ1n) is 8.85. The van der Waals surface area contributed by atoms with Crippen LogP contribution in [-0.2, 0) is 0 Å². The number of benzene rings is 1. The third kappa shape index (κ3) is 4.01. The predicted octanol–water partition coefficient (Wildman–Crippen LogP) is 4.75. The van der Waals surface area contributed by atoms with Crippen LogP contribution in [0.2, 0.25) is 5.02 Å². The van der Waals surface area contributed by atoms with Gasteiger partial charge in [0.1, 0.15) is 9.88 Å². The van der Waals surface area contributed by atoms with Gasteiger partial charge in [-0.2, -0.15) is 0 Å². The highest BCUT2D eigenvalue weighted by atomic mass is 35.5. The molecule has 0 saturated heterocycles. The Bertz CT molecular complexity index is 999. The number of carbonyl (C=O) groups is 1. The van der Waals surface area contributed by atoms with Gasteiger partial charge in [0.25, 0.3) is 5.91 Å². The fourth-order valence-corrected chi connectivity index (χ4v) is 4.16. The number of nitrogens with zero attached hydrogens (tertiary/aromatic N) is 3. The van der Waals surface area contributed by atoms with Crippen molar-refractivity contribution in [3.05, 3.63) is 63.6 Å². The molecule has 0 radical (unpaired) electrons. The number of halogens is 1. The second-order valence-corrected chi connectivity index (χ2v) is 8.22. The van der Waals surface area contributed by atoms with Gasteiger partial charge in [0.05, 0.1) is 11.7 Å². The smallest absolute Gasteiger partial charge is 0.263 e. The summed E-state index contributed by atoms with van der Waals surface area (Å²) in [5, 5.41) is 4.57. The van der Waals surface area contributed by atoms with E-state index in [1.807, 2.05) is 44.2 Å². The van der Waals surface area contributed by atoms with E-state index in [1.165, 1.54) is 11.3 Å². The minimum absolute atomic E-state index is 0.125. The van der Waals surface area contributed by atoms with Crippen LogP contribution in [0.1, 0.15) is 45.8 Å².